The number of anilines is 2. The lowest BCUT2D eigenvalue weighted by atomic mass is 9.99. The molecular formula is C20H23F3N4O2. The lowest BCUT2D eigenvalue weighted by molar-refractivity contribution is -0.274. The van der Waals surface area contributed by atoms with Crippen LogP contribution in [0.1, 0.15) is 42.1 Å². The summed E-state index contributed by atoms with van der Waals surface area (Å²) in [7, 11) is 0. The summed E-state index contributed by atoms with van der Waals surface area (Å²) in [6.45, 7) is 1.96. The second-order valence-electron chi connectivity index (χ2n) is 7.40. The largest absolute Gasteiger partial charge is 0.573 e. The number of nitrogens with zero attached hydrogens (tertiary/aromatic N) is 3. The highest BCUT2D eigenvalue weighted by atomic mass is 19.4. The quantitative estimate of drug-likeness (QED) is 0.682. The van der Waals surface area contributed by atoms with Crippen LogP contribution in [-0.2, 0) is 13.0 Å². The summed E-state index contributed by atoms with van der Waals surface area (Å²) in [6, 6.07) is 6.41. The number of hydrogen-bond donors (Lipinski definition) is 2. The molecule has 0 saturated heterocycles. The second kappa shape index (κ2) is 8.06. The summed E-state index contributed by atoms with van der Waals surface area (Å²) < 4.78 is 41.4. The topological polar surface area (TPSA) is 70.5 Å². The first kappa shape index (κ1) is 19.8. The van der Waals surface area contributed by atoms with Gasteiger partial charge in [-0.05, 0) is 48.9 Å². The molecule has 2 aromatic rings. The summed E-state index contributed by atoms with van der Waals surface area (Å²) in [6.07, 6.45) is -1.26. The summed E-state index contributed by atoms with van der Waals surface area (Å²) in [5, 5.41) is 12.2. The van der Waals surface area contributed by atoms with Gasteiger partial charge in [0.05, 0.1) is 0 Å². The molecule has 156 valence electrons. The molecule has 0 spiro atoms. The molecule has 29 heavy (non-hydrogen) atoms. The average molecular weight is 408 g/mol. The number of hydrogen-bond acceptors (Lipinski definition) is 6. The van der Waals surface area contributed by atoms with Crippen molar-refractivity contribution in [2.75, 3.05) is 29.9 Å². The van der Waals surface area contributed by atoms with E-state index in [1.54, 1.807) is 6.07 Å². The fraction of sp³-hybridized carbons (Fsp3) is 0.500. The van der Waals surface area contributed by atoms with Crippen molar-refractivity contribution in [3.05, 3.63) is 41.2 Å². The van der Waals surface area contributed by atoms with Gasteiger partial charge >= 0.3 is 6.36 Å². The molecule has 1 aliphatic carbocycles. The van der Waals surface area contributed by atoms with Gasteiger partial charge in [-0.25, -0.2) is 9.97 Å². The Hall–Kier alpha value is -2.55. The Morgan fingerprint density at radius 1 is 1.17 bits per heavy atom. The predicted octanol–water partition coefficient (Wildman–Crippen LogP) is 3.61. The standard InChI is InChI=1S/C20H23F3N4O2/c21-20(22,23)29-16-5-4-15-12-27(8-6-14(15)10-16)18-11-17(24-7-1-9-28)25-19(26-18)13-2-3-13/h4-5,10-11,13,28H,1-3,6-9,12H2,(H,24,25,26). The van der Waals surface area contributed by atoms with Gasteiger partial charge in [0.1, 0.15) is 23.2 Å². The van der Waals surface area contributed by atoms with E-state index in [1.165, 1.54) is 12.1 Å². The minimum absolute atomic E-state index is 0.114. The lowest BCUT2D eigenvalue weighted by Gasteiger charge is -2.30. The number of fused-ring (bicyclic) bond motifs is 1. The highest BCUT2D eigenvalue weighted by Gasteiger charge is 2.32. The third kappa shape index (κ3) is 5.09. The van der Waals surface area contributed by atoms with Gasteiger partial charge in [-0.1, -0.05) is 6.07 Å². The van der Waals surface area contributed by atoms with E-state index in [0.717, 1.165) is 41.4 Å². The van der Waals surface area contributed by atoms with Crippen molar-refractivity contribution in [3.63, 3.8) is 0 Å². The molecule has 4 rings (SSSR count). The van der Waals surface area contributed by atoms with Crippen LogP contribution < -0.4 is 15.0 Å². The van der Waals surface area contributed by atoms with Crippen LogP contribution in [0.3, 0.4) is 0 Å². The molecule has 0 atom stereocenters. The molecule has 1 saturated carbocycles. The fourth-order valence-electron chi connectivity index (χ4n) is 3.45. The van der Waals surface area contributed by atoms with E-state index < -0.39 is 6.36 Å². The van der Waals surface area contributed by atoms with Crippen LogP contribution in [0.2, 0.25) is 0 Å². The van der Waals surface area contributed by atoms with E-state index in [4.69, 9.17) is 10.1 Å². The van der Waals surface area contributed by atoms with Gasteiger partial charge in [-0.2, -0.15) is 0 Å². The van der Waals surface area contributed by atoms with Crippen LogP contribution in [0.15, 0.2) is 24.3 Å². The van der Waals surface area contributed by atoms with Crippen molar-refractivity contribution in [1.29, 1.82) is 0 Å². The Balaban J connectivity index is 1.52. The van der Waals surface area contributed by atoms with Crippen molar-refractivity contribution in [3.8, 4) is 5.75 Å². The van der Waals surface area contributed by atoms with Gasteiger partial charge in [0.2, 0.25) is 0 Å². The highest BCUT2D eigenvalue weighted by molar-refractivity contribution is 5.52. The summed E-state index contributed by atoms with van der Waals surface area (Å²) in [4.78, 5) is 11.5. The Morgan fingerprint density at radius 3 is 2.72 bits per heavy atom. The van der Waals surface area contributed by atoms with Gasteiger partial charge < -0.3 is 20.1 Å². The number of aliphatic hydroxyl groups is 1. The van der Waals surface area contributed by atoms with Crippen LogP contribution in [0.5, 0.6) is 5.75 Å². The lowest BCUT2D eigenvalue weighted by Crippen LogP contribution is -2.31. The van der Waals surface area contributed by atoms with E-state index in [0.29, 0.717) is 38.4 Å². The zero-order valence-electron chi connectivity index (χ0n) is 15.9. The summed E-state index contributed by atoms with van der Waals surface area (Å²) in [5.74, 6) is 2.60. The summed E-state index contributed by atoms with van der Waals surface area (Å²) in [5.41, 5.74) is 1.83. The molecule has 1 fully saturated rings. The zero-order valence-corrected chi connectivity index (χ0v) is 15.9. The first-order valence-electron chi connectivity index (χ1n) is 9.77. The average Bonchev–Trinajstić information content (AvgIpc) is 3.52. The number of nitrogens with one attached hydrogen (secondary N) is 1. The second-order valence-corrected chi connectivity index (χ2v) is 7.40. The SMILES string of the molecule is OCCCNc1cc(N2CCc3cc(OC(F)(F)F)ccc3C2)nc(C2CC2)n1. The Morgan fingerprint density at radius 2 is 2.00 bits per heavy atom. The first-order valence-corrected chi connectivity index (χ1v) is 9.77. The van der Waals surface area contributed by atoms with Gasteiger partial charge in [0.15, 0.2) is 0 Å². The molecule has 0 amide bonds. The van der Waals surface area contributed by atoms with Crippen molar-refractivity contribution in [1.82, 2.24) is 9.97 Å². The number of benzene rings is 1. The third-order valence-electron chi connectivity index (χ3n) is 5.06. The molecular weight excluding hydrogens is 385 g/mol. The van der Waals surface area contributed by atoms with E-state index in [-0.39, 0.29) is 12.4 Å². The number of aliphatic hydroxyl groups excluding tert-OH is 1. The molecule has 0 unspecified atom stereocenters. The number of aromatic nitrogens is 2. The van der Waals surface area contributed by atoms with E-state index in [9.17, 15) is 13.2 Å². The monoisotopic (exact) mass is 408 g/mol. The minimum Gasteiger partial charge on any atom is -0.406 e. The maximum Gasteiger partial charge on any atom is 0.573 e. The number of rotatable bonds is 7. The molecule has 1 aromatic carbocycles. The van der Waals surface area contributed by atoms with Crippen LogP contribution in [-0.4, -0.2) is 41.1 Å². The van der Waals surface area contributed by atoms with Crippen molar-refractivity contribution >= 4 is 11.6 Å². The molecule has 6 nitrogen and oxygen atoms in total. The normalized spacial score (nSPS) is 16.5. The maximum atomic E-state index is 12.4. The number of ether oxygens (including phenoxy) is 1. The van der Waals surface area contributed by atoms with Crippen molar-refractivity contribution in [2.45, 2.75) is 44.5 Å². The number of halogens is 3. The highest BCUT2D eigenvalue weighted by Crippen LogP contribution is 2.39. The number of alkyl halides is 3. The molecule has 2 aliphatic rings. The van der Waals surface area contributed by atoms with Gasteiger partial charge in [0, 0.05) is 38.2 Å². The zero-order chi connectivity index (χ0) is 20.4. The van der Waals surface area contributed by atoms with Crippen molar-refractivity contribution in [2.24, 2.45) is 0 Å². The fourth-order valence-corrected chi connectivity index (χ4v) is 3.45. The van der Waals surface area contributed by atoms with Gasteiger partial charge in [-0.3, -0.25) is 0 Å². The maximum absolute atomic E-state index is 12.4. The van der Waals surface area contributed by atoms with E-state index in [2.05, 4.69) is 19.9 Å². The van der Waals surface area contributed by atoms with E-state index >= 15 is 0 Å². The Bertz CT molecular complexity index is 871. The van der Waals surface area contributed by atoms with Crippen LogP contribution >= 0.6 is 0 Å². The minimum atomic E-state index is -4.69. The molecule has 2 N–H and O–H groups in total. The van der Waals surface area contributed by atoms with Gasteiger partial charge in [-0.15, -0.1) is 13.2 Å². The molecule has 0 bridgehead atoms. The molecule has 9 heteroatoms. The van der Waals surface area contributed by atoms with E-state index in [1.807, 2.05) is 6.07 Å². The Kier molecular flexibility index (Phi) is 5.49. The van der Waals surface area contributed by atoms with Crippen molar-refractivity contribution < 1.29 is 23.0 Å². The van der Waals surface area contributed by atoms with Gasteiger partial charge in [0.25, 0.3) is 0 Å². The predicted molar refractivity (Wildman–Crippen MR) is 102 cm³/mol. The Labute approximate surface area is 166 Å². The molecule has 0 radical (unpaired) electrons. The molecule has 1 aliphatic heterocycles. The smallest absolute Gasteiger partial charge is 0.406 e. The molecule has 2 heterocycles. The molecule has 1 aromatic heterocycles. The van der Waals surface area contributed by atoms with Crippen LogP contribution in [0.4, 0.5) is 24.8 Å². The third-order valence-corrected chi connectivity index (χ3v) is 5.06. The van der Waals surface area contributed by atoms with Crippen LogP contribution in [0.25, 0.3) is 0 Å². The van der Waals surface area contributed by atoms with Crippen LogP contribution in [0, 0.1) is 0 Å². The summed E-state index contributed by atoms with van der Waals surface area (Å²) >= 11 is 0. The first-order chi connectivity index (χ1) is 13.9.